The Morgan fingerprint density at radius 1 is 1.29 bits per heavy atom. The third-order valence-corrected chi connectivity index (χ3v) is 1.85. The van der Waals surface area contributed by atoms with Crippen molar-refractivity contribution in [3.05, 3.63) is 46.5 Å². The third kappa shape index (κ3) is 3.98. The lowest BCUT2D eigenvalue weighted by Crippen LogP contribution is -2.14. The Bertz CT molecular complexity index is 319. The molecule has 0 bridgehead atoms. The van der Waals surface area contributed by atoms with Crippen LogP contribution in [0.3, 0.4) is 0 Å². The maximum absolute atomic E-state index is 12.7. The molecule has 0 radical (unpaired) electrons. The predicted octanol–water partition coefficient (Wildman–Crippen LogP) is 2.96. The Labute approximate surface area is 90.0 Å². The van der Waals surface area contributed by atoms with Gasteiger partial charge in [0.1, 0.15) is 11.6 Å². The van der Waals surface area contributed by atoms with Crippen molar-refractivity contribution in [2.75, 3.05) is 6.54 Å². The number of benzene rings is 1. The number of rotatable bonds is 4. The molecule has 1 rings (SSSR count). The average Bonchev–Trinajstić information content (AvgIpc) is 2.01. The van der Waals surface area contributed by atoms with E-state index in [-0.39, 0.29) is 0 Å². The Kier molecular flexibility index (Phi) is 4.22. The zero-order chi connectivity index (χ0) is 10.6. The van der Waals surface area contributed by atoms with E-state index in [1.165, 1.54) is 12.1 Å². The van der Waals surface area contributed by atoms with Crippen LogP contribution in [0.5, 0.6) is 0 Å². The fourth-order valence-corrected chi connectivity index (χ4v) is 1.25. The van der Waals surface area contributed by atoms with Crippen LogP contribution in [0.15, 0.2) is 29.3 Å². The molecule has 0 saturated heterocycles. The summed E-state index contributed by atoms with van der Waals surface area (Å²) in [5, 5.41) is 2.98. The molecule has 0 amide bonds. The van der Waals surface area contributed by atoms with Gasteiger partial charge in [-0.1, -0.05) is 22.5 Å². The van der Waals surface area contributed by atoms with E-state index in [0.717, 1.165) is 10.5 Å². The van der Waals surface area contributed by atoms with Crippen molar-refractivity contribution < 1.29 is 8.78 Å². The van der Waals surface area contributed by atoms with Gasteiger partial charge in [-0.15, -0.1) is 0 Å². The van der Waals surface area contributed by atoms with Gasteiger partial charge in [0.2, 0.25) is 0 Å². The summed E-state index contributed by atoms with van der Waals surface area (Å²) in [6.45, 7) is 4.61. The molecule has 14 heavy (non-hydrogen) atoms. The minimum Gasteiger partial charge on any atom is -0.308 e. The molecule has 1 aromatic carbocycles. The van der Waals surface area contributed by atoms with Crippen molar-refractivity contribution in [2.24, 2.45) is 0 Å². The molecule has 0 aliphatic carbocycles. The maximum atomic E-state index is 12.7. The SMILES string of the molecule is C=C(Br)CNCc1cc(F)cc(F)c1. The van der Waals surface area contributed by atoms with Crippen molar-refractivity contribution in [2.45, 2.75) is 6.54 Å². The van der Waals surface area contributed by atoms with Gasteiger partial charge >= 0.3 is 0 Å². The first kappa shape index (κ1) is 11.3. The summed E-state index contributed by atoms with van der Waals surface area (Å²) < 4.78 is 26.2. The van der Waals surface area contributed by atoms with Crippen LogP contribution in [0.2, 0.25) is 0 Å². The molecule has 0 aliphatic heterocycles. The molecule has 76 valence electrons. The minimum atomic E-state index is -0.556. The van der Waals surface area contributed by atoms with E-state index in [9.17, 15) is 8.78 Å². The lowest BCUT2D eigenvalue weighted by atomic mass is 10.2. The van der Waals surface area contributed by atoms with Crippen LogP contribution in [0.4, 0.5) is 8.78 Å². The molecule has 0 fully saturated rings. The average molecular weight is 262 g/mol. The van der Waals surface area contributed by atoms with E-state index < -0.39 is 11.6 Å². The summed E-state index contributed by atoms with van der Waals surface area (Å²) in [4.78, 5) is 0. The first-order valence-corrected chi connectivity index (χ1v) is 4.86. The topological polar surface area (TPSA) is 12.0 Å². The van der Waals surface area contributed by atoms with Crippen LogP contribution >= 0.6 is 15.9 Å². The van der Waals surface area contributed by atoms with Gasteiger partial charge < -0.3 is 5.32 Å². The standard InChI is InChI=1S/C10H10BrF2N/c1-7(11)5-14-6-8-2-9(12)4-10(13)3-8/h2-4,14H,1,5-6H2. The van der Waals surface area contributed by atoms with Crippen molar-refractivity contribution in [1.82, 2.24) is 5.32 Å². The van der Waals surface area contributed by atoms with E-state index in [0.29, 0.717) is 18.7 Å². The summed E-state index contributed by atoms with van der Waals surface area (Å²) >= 11 is 3.17. The Balaban J connectivity index is 2.54. The normalized spacial score (nSPS) is 10.2. The Morgan fingerprint density at radius 3 is 2.36 bits per heavy atom. The molecule has 0 spiro atoms. The highest BCUT2D eigenvalue weighted by Gasteiger charge is 1.99. The highest BCUT2D eigenvalue weighted by molar-refractivity contribution is 9.11. The van der Waals surface area contributed by atoms with E-state index in [1.807, 2.05) is 0 Å². The number of nitrogens with one attached hydrogen (secondary N) is 1. The predicted molar refractivity (Wildman–Crippen MR) is 56.1 cm³/mol. The van der Waals surface area contributed by atoms with Gasteiger partial charge in [-0.3, -0.25) is 0 Å². The zero-order valence-electron chi connectivity index (χ0n) is 7.49. The molecule has 1 nitrogen and oxygen atoms in total. The van der Waals surface area contributed by atoms with Crippen molar-refractivity contribution in [3.8, 4) is 0 Å². The number of hydrogen-bond acceptors (Lipinski definition) is 1. The molecule has 0 aromatic heterocycles. The Morgan fingerprint density at radius 2 is 1.86 bits per heavy atom. The monoisotopic (exact) mass is 261 g/mol. The molecular formula is C10H10BrF2N. The van der Waals surface area contributed by atoms with Crippen molar-refractivity contribution >= 4 is 15.9 Å². The van der Waals surface area contributed by atoms with Crippen molar-refractivity contribution in [1.29, 1.82) is 0 Å². The number of halogens is 3. The highest BCUT2D eigenvalue weighted by Crippen LogP contribution is 2.07. The van der Waals surface area contributed by atoms with Gasteiger partial charge in [0.15, 0.2) is 0 Å². The summed E-state index contributed by atoms with van der Waals surface area (Å²) in [6, 6.07) is 3.45. The number of hydrogen-bond donors (Lipinski definition) is 1. The molecule has 4 heteroatoms. The quantitative estimate of drug-likeness (QED) is 0.879. The Hall–Kier alpha value is -0.740. The summed E-state index contributed by atoms with van der Waals surface area (Å²) in [5.74, 6) is -1.11. The second-order valence-corrected chi connectivity index (χ2v) is 4.02. The maximum Gasteiger partial charge on any atom is 0.126 e. The second-order valence-electron chi connectivity index (χ2n) is 2.90. The van der Waals surface area contributed by atoms with Gasteiger partial charge in [0, 0.05) is 23.6 Å². The minimum absolute atomic E-state index is 0.416. The summed E-state index contributed by atoms with van der Waals surface area (Å²) in [6.07, 6.45) is 0. The van der Waals surface area contributed by atoms with Crippen LogP contribution in [-0.4, -0.2) is 6.54 Å². The second kappa shape index (κ2) is 5.22. The smallest absolute Gasteiger partial charge is 0.126 e. The third-order valence-electron chi connectivity index (χ3n) is 1.57. The molecule has 0 atom stereocenters. The first-order valence-electron chi connectivity index (χ1n) is 4.07. The van der Waals surface area contributed by atoms with Gasteiger partial charge in [-0.25, -0.2) is 8.78 Å². The molecule has 1 aromatic rings. The van der Waals surface area contributed by atoms with Crippen LogP contribution < -0.4 is 5.32 Å². The molecule has 0 aliphatic rings. The molecule has 1 N–H and O–H groups in total. The molecule has 0 heterocycles. The molecule has 0 saturated carbocycles. The van der Waals surface area contributed by atoms with Crippen LogP contribution in [0, 0.1) is 11.6 Å². The highest BCUT2D eigenvalue weighted by atomic mass is 79.9. The summed E-state index contributed by atoms with van der Waals surface area (Å²) in [5.41, 5.74) is 0.580. The van der Waals surface area contributed by atoms with Crippen molar-refractivity contribution in [3.63, 3.8) is 0 Å². The van der Waals surface area contributed by atoms with Gasteiger partial charge in [0.05, 0.1) is 0 Å². The first-order chi connectivity index (χ1) is 6.58. The lowest BCUT2D eigenvalue weighted by Gasteiger charge is -2.03. The van der Waals surface area contributed by atoms with Crippen LogP contribution in [-0.2, 0) is 6.54 Å². The largest absolute Gasteiger partial charge is 0.308 e. The molecular weight excluding hydrogens is 252 g/mol. The van der Waals surface area contributed by atoms with Gasteiger partial charge in [-0.2, -0.15) is 0 Å². The van der Waals surface area contributed by atoms with E-state index in [2.05, 4.69) is 27.8 Å². The van der Waals surface area contributed by atoms with Gasteiger partial charge in [0.25, 0.3) is 0 Å². The lowest BCUT2D eigenvalue weighted by molar-refractivity contribution is 0.577. The van der Waals surface area contributed by atoms with Gasteiger partial charge in [-0.05, 0) is 17.7 Å². The van der Waals surface area contributed by atoms with E-state index in [4.69, 9.17) is 0 Å². The summed E-state index contributed by atoms with van der Waals surface area (Å²) in [7, 11) is 0. The van der Waals surface area contributed by atoms with E-state index in [1.54, 1.807) is 0 Å². The fourth-order valence-electron chi connectivity index (χ4n) is 1.06. The van der Waals surface area contributed by atoms with E-state index >= 15 is 0 Å². The zero-order valence-corrected chi connectivity index (χ0v) is 9.07. The molecule has 0 unspecified atom stereocenters. The van der Waals surface area contributed by atoms with Crippen LogP contribution in [0.25, 0.3) is 0 Å². The fraction of sp³-hybridized carbons (Fsp3) is 0.200. The van der Waals surface area contributed by atoms with Crippen LogP contribution in [0.1, 0.15) is 5.56 Å².